The maximum absolute atomic E-state index is 6.46. The van der Waals surface area contributed by atoms with E-state index < -0.39 is 0 Å². The molecule has 1 aromatic carbocycles. The lowest BCUT2D eigenvalue weighted by atomic mass is 10.2. The smallest absolute Gasteiger partial charge is 0.132 e. The molecule has 0 saturated carbocycles. The molecule has 2 aromatic rings. The number of halogens is 1. The Morgan fingerprint density at radius 3 is 2.60 bits per heavy atom. The fourth-order valence-corrected chi connectivity index (χ4v) is 2.44. The summed E-state index contributed by atoms with van der Waals surface area (Å²) in [7, 11) is 0. The molecule has 0 saturated heterocycles. The summed E-state index contributed by atoms with van der Waals surface area (Å²) in [6, 6.07) is 10.3. The topological polar surface area (TPSA) is 29.9 Å². The third-order valence-electron chi connectivity index (χ3n) is 3.21. The van der Waals surface area contributed by atoms with Crippen LogP contribution in [0.1, 0.15) is 30.7 Å². The minimum absolute atomic E-state index is 0.633. The number of hydrogen-bond acceptors (Lipinski definition) is 2. The normalized spacial score (nSPS) is 11.2. The van der Waals surface area contributed by atoms with Gasteiger partial charge in [0, 0.05) is 12.1 Å². The van der Waals surface area contributed by atoms with Crippen molar-refractivity contribution in [1.29, 1.82) is 0 Å². The van der Waals surface area contributed by atoms with E-state index in [2.05, 4.69) is 36.4 Å². The van der Waals surface area contributed by atoms with Crippen molar-refractivity contribution in [1.82, 2.24) is 15.1 Å². The summed E-state index contributed by atoms with van der Waals surface area (Å²) in [5, 5.41) is 8.71. The number of rotatable bonds is 6. The molecule has 0 bridgehead atoms. The van der Waals surface area contributed by atoms with Gasteiger partial charge in [0.1, 0.15) is 5.15 Å². The van der Waals surface area contributed by atoms with Crippen LogP contribution in [0.15, 0.2) is 30.3 Å². The second kappa shape index (κ2) is 6.91. The summed E-state index contributed by atoms with van der Waals surface area (Å²) >= 11 is 6.46. The molecule has 1 N–H and O–H groups in total. The maximum Gasteiger partial charge on any atom is 0.132 e. The number of nitrogens with zero attached hydrogens (tertiary/aromatic N) is 2. The molecule has 0 aliphatic carbocycles. The summed E-state index contributed by atoms with van der Waals surface area (Å²) in [6.45, 7) is 8.88. The molecule has 1 heterocycles. The van der Waals surface area contributed by atoms with E-state index in [0.717, 1.165) is 29.5 Å². The lowest BCUT2D eigenvalue weighted by Crippen LogP contribution is -2.19. The van der Waals surface area contributed by atoms with E-state index in [1.807, 2.05) is 29.8 Å². The first-order chi connectivity index (χ1) is 9.58. The van der Waals surface area contributed by atoms with E-state index in [-0.39, 0.29) is 0 Å². The van der Waals surface area contributed by atoms with E-state index in [1.54, 1.807) is 0 Å². The predicted molar refractivity (Wildman–Crippen MR) is 84.1 cm³/mol. The Labute approximate surface area is 126 Å². The summed E-state index contributed by atoms with van der Waals surface area (Å²) in [5.41, 5.74) is 3.31. The minimum atomic E-state index is 0.633. The van der Waals surface area contributed by atoms with Crippen LogP contribution in [0.3, 0.4) is 0 Å². The fourth-order valence-electron chi connectivity index (χ4n) is 2.14. The first-order valence-corrected chi connectivity index (χ1v) is 7.42. The van der Waals surface area contributed by atoms with Crippen molar-refractivity contribution < 1.29 is 0 Å². The second-order valence-corrected chi connectivity index (χ2v) is 5.88. The Bertz CT molecular complexity index is 546. The molecule has 108 valence electrons. The molecule has 0 atom stereocenters. The molecule has 0 radical (unpaired) electrons. The van der Waals surface area contributed by atoms with Gasteiger partial charge in [0.05, 0.1) is 12.2 Å². The summed E-state index contributed by atoms with van der Waals surface area (Å²) in [4.78, 5) is 0. The lowest BCUT2D eigenvalue weighted by molar-refractivity contribution is 0.551. The average Bonchev–Trinajstić information content (AvgIpc) is 2.67. The molecular formula is C16H22ClN3. The third kappa shape index (κ3) is 3.84. The van der Waals surface area contributed by atoms with Gasteiger partial charge < -0.3 is 5.32 Å². The standard InChI is InChI=1S/C16H22ClN3/c1-12(2)9-18-10-15-13(3)19-20(16(15)17)11-14-7-5-4-6-8-14/h4-8,12,18H,9-11H2,1-3H3. The third-order valence-corrected chi connectivity index (χ3v) is 3.64. The number of nitrogens with one attached hydrogen (secondary N) is 1. The van der Waals surface area contributed by atoms with Gasteiger partial charge in [0.25, 0.3) is 0 Å². The van der Waals surface area contributed by atoms with E-state index in [1.165, 1.54) is 5.56 Å². The van der Waals surface area contributed by atoms with Gasteiger partial charge in [-0.3, -0.25) is 0 Å². The predicted octanol–water partition coefficient (Wildman–Crippen LogP) is 3.64. The van der Waals surface area contributed by atoms with Crippen LogP contribution in [0.5, 0.6) is 0 Å². The summed E-state index contributed by atoms with van der Waals surface area (Å²) in [5.74, 6) is 0.633. The van der Waals surface area contributed by atoms with Crippen LogP contribution in [-0.2, 0) is 13.1 Å². The van der Waals surface area contributed by atoms with Crippen molar-refractivity contribution in [3.8, 4) is 0 Å². The van der Waals surface area contributed by atoms with Crippen molar-refractivity contribution in [2.24, 2.45) is 5.92 Å². The molecule has 20 heavy (non-hydrogen) atoms. The fraction of sp³-hybridized carbons (Fsp3) is 0.438. The van der Waals surface area contributed by atoms with Crippen LogP contribution in [0.4, 0.5) is 0 Å². The first-order valence-electron chi connectivity index (χ1n) is 7.04. The zero-order chi connectivity index (χ0) is 14.5. The highest BCUT2D eigenvalue weighted by Gasteiger charge is 2.13. The SMILES string of the molecule is Cc1nn(Cc2ccccc2)c(Cl)c1CNCC(C)C. The van der Waals surface area contributed by atoms with Crippen LogP contribution >= 0.6 is 11.6 Å². The molecule has 3 nitrogen and oxygen atoms in total. The minimum Gasteiger partial charge on any atom is -0.312 e. The molecule has 0 aliphatic heterocycles. The van der Waals surface area contributed by atoms with Gasteiger partial charge in [0.2, 0.25) is 0 Å². The Morgan fingerprint density at radius 2 is 1.95 bits per heavy atom. The molecule has 0 fully saturated rings. The van der Waals surface area contributed by atoms with E-state index in [4.69, 9.17) is 11.6 Å². The molecule has 4 heteroatoms. The van der Waals surface area contributed by atoms with Crippen molar-refractivity contribution >= 4 is 11.6 Å². The van der Waals surface area contributed by atoms with Gasteiger partial charge in [-0.15, -0.1) is 0 Å². The van der Waals surface area contributed by atoms with Crippen molar-refractivity contribution in [2.45, 2.75) is 33.9 Å². The maximum atomic E-state index is 6.46. The van der Waals surface area contributed by atoms with Crippen LogP contribution in [0.2, 0.25) is 5.15 Å². The van der Waals surface area contributed by atoms with Crippen LogP contribution < -0.4 is 5.32 Å². The molecule has 0 spiro atoms. The molecule has 1 aromatic heterocycles. The second-order valence-electron chi connectivity index (χ2n) is 5.52. The van der Waals surface area contributed by atoms with Gasteiger partial charge in [0.15, 0.2) is 0 Å². The lowest BCUT2D eigenvalue weighted by Gasteiger charge is -2.07. The van der Waals surface area contributed by atoms with E-state index in [9.17, 15) is 0 Å². The quantitative estimate of drug-likeness (QED) is 0.880. The monoisotopic (exact) mass is 291 g/mol. The zero-order valence-electron chi connectivity index (χ0n) is 12.4. The molecule has 2 rings (SSSR count). The Morgan fingerprint density at radius 1 is 1.25 bits per heavy atom. The van der Waals surface area contributed by atoms with E-state index in [0.29, 0.717) is 12.5 Å². The number of hydrogen-bond donors (Lipinski definition) is 1. The number of aromatic nitrogens is 2. The van der Waals surface area contributed by atoms with Crippen molar-refractivity contribution in [3.05, 3.63) is 52.3 Å². The highest BCUT2D eigenvalue weighted by atomic mass is 35.5. The van der Waals surface area contributed by atoms with Gasteiger partial charge in [-0.25, -0.2) is 4.68 Å². The molecule has 0 aliphatic rings. The molecule has 0 amide bonds. The Hall–Kier alpha value is -1.32. The largest absolute Gasteiger partial charge is 0.312 e. The van der Waals surface area contributed by atoms with Gasteiger partial charge in [-0.05, 0) is 24.9 Å². The van der Waals surface area contributed by atoms with Crippen LogP contribution in [0.25, 0.3) is 0 Å². The van der Waals surface area contributed by atoms with Gasteiger partial charge in [-0.2, -0.15) is 5.10 Å². The zero-order valence-corrected chi connectivity index (χ0v) is 13.1. The molecule has 0 unspecified atom stereocenters. The van der Waals surface area contributed by atoms with Gasteiger partial charge in [-0.1, -0.05) is 55.8 Å². The highest BCUT2D eigenvalue weighted by Crippen LogP contribution is 2.20. The Kier molecular flexibility index (Phi) is 5.21. The number of benzene rings is 1. The van der Waals surface area contributed by atoms with Crippen molar-refractivity contribution in [2.75, 3.05) is 6.54 Å². The molecular weight excluding hydrogens is 270 g/mol. The summed E-state index contributed by atoms with van der Waals surface area (Å²) in [6.07, 6.45) is 0. The van der Waals surface area contributed by atoms with Crippen molar-refractivity contribution in [3.63, 3.8) is 0 Å². The van der Waals surface area contributed by atoms with Crippen LogP contribution in [0, 0.1) is 12.8 Å². The first kappa shape index (κ1) is 15.1. The van der Waals surface area contributed by atoms with Gasteiger partial charge >= 0.3 is 0 Å². The van der Waals surface area contributed by atoms with E-state index >= 15 is 0 Å². The van der Waals surface area contributed by atoms with Crippen LogP contribution in [-0.4, -0.2) is 16.3 Å². The summed E-state index contributed by atoms with van der Waals surface area (Å²) < 4.78 is 1.87. The Balaban J connectivity index is 2.08. The number of aryl methyl sites for hydroxylation is 1. The highest BCUT2D eigenvalue weighted by molar-refractivity contribution is 6.30. The average molecular weight is 292 g/mol.